The van der Waals surface area contributed by atoms with Gasteiger partial charge in [0.05, 0.1) is 16.3 Å². The number of hydrogen-bond donors (Lipinski definition) is 0. The van der Waals surface area contributed by atoms with Crippen LogP contribution in [0.1, 0.15) is 15.9 Å². The molecule has 0 fully saturated rings. The first-order chi connectivity index (χ1) is 10.2. The zero-order chi connectivity index (χ0) is 14.8. The maximum Gasteiger partial charge on any atom is 0.153 e. The van der Waals surface area contributed by atoms with E-state index >= 15 is 0 Å². The summed E-state index contributed by atoms with van der Waals surface area (Å²) in [5, 5.41) is 5.14. The largest absolute Gasteiger partial charge is 0.298 e. The van der Waals surface area contributed by atoms with Crippen molar-refractivity contribution >= 4 is 17.9 Å². The van der Waals surface area contributed by atoms with Crippen molar-refractivity contribution in [1.29, 1.82) is 0 Å². The summed E-state index contributed by atoms with van der Waals surface area (Å²) in [5.41, 5.74) is 3.99. The van der Waals surface area contributed by atoms with Crippen LogP contribution in [-0.2, 0) is 0 Å². The number of aryl methyl sites for hydroxylation is 1. The average Bonchev–Trinajstić information content (AvgIpc) is 2.92. The Balaban J connectivity index is 2.18. The number of nitrogens with zero attached hydrogens (tertiary/aromatic N) is 2. The van der Waals surface area contributed by atoms with E-state index in [2.05, 4.69) is 5.10 Å². The number of benzene rings is 2. The minimum absolute atomic E-state index is 0.546. The van der Waals surface area contributed by atoms with E-state index in [-0.39, 0.29) is 0 Å². The van der Waals surface area contributed by atoms with E-state index in [1.165, 1.54) is 0 Å². The first-order valence-electron chi connectivity index (χ1n) is 6.56. The first-order valence-corrected chi connectivity index (χ1v) is 6.94. The van der Waals surface area contributed by atoms with Crippen molar-refractivity contribution in [2.75, 3.05) is 0 Å². The highest BCUT2D eigenvalue weighted by atomic mass is 35.5. The van der Waals surface area contributed by atoms with Crippen LogP contribution in [0, 0.1) is 6.92 Å². The molecule has 1 aromatic heterocycles. The van der Waals surface area contributed by atoms with Crippen LogP contribution in [0.3, 0.4) is 0 Å². The summed E-state index contributed by atoms with van der Waals surface area (Å²) in [6, 6.07) is 15.3. The van der Waals surface area contributed by atoms with Crippen LogP contribution in [0.25, 0.3) is 16.9 Å². The standard InChI is InChI=1S/C17H13ClN2O/c1-12-6-2-3-7-14(12)17-13(11-21)10-20(19-17)16-9-5-4-8-15(16)18/h2-11H,1H3. The smallest absolute Gasteiger partial charge is 0.153 e. The van der Waals surface area contributed by atoms with Crippen molar-refractivity contribution in [3.63, 3.8) is 0 Å². The molecule has 0 N–H and O–H groups in total. The second-order valence-electron chi connectivity index (χ2n) is 4.76. The molecule has 0 saturated carbocycles. The van der Waals surface area contributed by atoms with E-state index in [9.17, 15) is 4.79 Å². The molecule has 3 nitrogen and oxygen atoms in total. The second-order valence-corrected chi connectivity index (χ2v) is 5.17. The number of aldehydes is 1. The predicted octanol–water partition coefficient (Wildman–Crippen LogP) is 4.31. The Bertz CT molecular complexity index is 808. The Kier molecular flexibility index (Phi) is 3.59. The van der Waals surface area contributed by atoms with Crippen LogP contribution in [-0.4, -0.2) is 16.1 Å². The van der Waals surface area contributed by atoms with E-state index in [0.29, 0.717) is 16.3 Å². The van der Waals surface area contributed by atoms with Gasteiger partial charge in [-0.2, -0.15) is 5.10 Å². The van der Waals surface area contributed by atoms with Crippen molar-refractivity contribution in [2.24, 2.45) is 0 Å². The van der Waals surface area contributed by atoms with Gasteiger partial charge in [0, 0.05) is 11.8 Å². The van der Waals surface area contributed by atoms with Gasteiger partial charge in [-0.1, -0.05) is 48.0 Å². The zero-order valence-electron chi connectivity index (χ0n) is 11.5. The summed E-state index contributed by atoms with van der Waals surface area (Å²) in [5.74, 6) is 0. The quantitative estimate of drug-likeness (QED) is 0.675. The van der Waals surface area contributed by atoms with Gasteiger partial charge in [0.25, 0.3) is 0 Å². The number of hydrogen-bond acceptors (Lipinski definition) is 2. The lowest BCUT2D eigenvalue weighted by atomic mass is 10.0. The Morgan fingerprint density at radius 1 is 1.10 bits per heavy atom. The van der Waals surface area contributed by atoms with E-state index in [1.54, 1.807) is 16.9 Å². The van der Waals surface area contributed by atoms with Crippen molar-refractivity contribution in [3.8, 4) is 16.9 Å². The molecular formula is C17H13ClN2O. The van der Waals surface area contributed by atoms with Gasteiger partial charge in [0.15, 0.2) is 6.29 Å². The van der Waals surface area contributed by atoms with Crippen molar-refractivity contribution in [1.82, 2.24) is 9.78 Å². The maximum absolute atomic E-state index is 11.4. The van der Waals surface area contributed by atoms with Gasteiger partial charge in [-0.15, -0.1) is 0 Å². The van der Waals surface area contributed by atoms with Gasteiger partial charge in [-0.3, -0.25) is 4.79 Å². The van der Waals surface area contributed by atoms with E-state index in [1.807, 2.05) is 49.4 Å². The summed E-state index contributed by atoms with van der Waals surface area (Å²) < 4.78 is 1.65. The number of carbonyl (C=O) groups excluding carboxylic acids is 1. The fourth-order valence-electron chi connectivity index (χ4n) is 2.28. The SMILES string of the molecule is Cc1ccccc1-c1nn(-c2ccccc2Cl)cc1C=O. The molecule has 0 aliphatic rings. The molecule has 0 atom stereocenters. The third-order valence-corrected chi connectivity index (χ3v) is 3.69. The van der Waals surface area contributed by atoms with Crippen LogP contribution >= 0.6 is 11.6 Å². The molecular weight excluding hydrogens is 284 g/mol. The topological polar surface area (TPSA) is 34.9 Å². The molecule has 2 aromatic carbocycles. The minimum Gasteiger partial charge on any atom is -0.298 e. The van der Waals surface area contributed by atoms with Gasteiger partial charge in [0.1, 0.15) is 5.69 Å². The second kappa shape index (κ2) is 5.54. The number of para-hydroxylation sites is 1. The first kappa shape index (κ1) is 13.6. The highest BCUT2D eigenvalue weighted by molar-refractivity contribution is 6.32. The summed E-state index contributed by atoms with van der Waals surface area (Å²) in [7, 11) is 0. The number of halogens is 1. The van der Waals surface area contributed by atoms with E-state index in [0.717, 1.165) is 23.1 Å². The summed E-state index contributed by atoms with van der Waals surface area (Å²) in [4.78, 5) is 11.4. The highest BCUT2D eigenvalue weighted by Crippen LogP contribution is 2.27. The molecule has 3 rings (SSSR count). The number of rotatable bonds is 3. The molecule has 0 saturated heterocycles. The van der Waals surface area contributed by atoms with Crippen molar-refractivity contribution < 1.29 is 4.79 Å². The molecule has 0 aliphatic carbocycles. The van der Waals surface area contributed by atoms with E-state index in [4.69, 9.17) is 11.6 Å². The van der Waals surface area contributed by atoms with Crippen molar-refractivity contribution in [2.45, 2.75) is 6.92 Å². The van der Waals surface area contributed by atoms with Gasteiger partial charge < -0.3 is 0 Å². The lowest BCUT2D eigenvalue weighted by molar-refractivity contribution is 0.112. The molecule has 0 aliphatic heterocycles. The average molecular weight is 297 g/mol. The number of carbonyl (C=O) groups is 1. The fourth-order valence-corrected chi connectivity index (χ4v) is 2.50. The summed E-state index contributed by atoms with van der Waals surface area (Å²) in [6.45, 7) is 2.00. The molecule has 0 amide bonds. The Hall–Kier alpha value is -2.39. The van der Waals surface area contributed by atoms with Crippen LogP contribution in [0.5, 0.6) is 0 Å². The lowest BCUT2D eigenvalue weighted by Gasteiger charge is -2.04. The zero-order valence-corrected chi connectivity index (χ0v) is 12.2. The van der Waals surface area contributed by atoms with Crippen molar-refractivity contribution in [3.05, 3.63) is 70.9 Å². The fraction of sp³-hybridized carbons (Fsp3) is 0.0588. The van der Waals surface area contributed by atoms with Gasteiger partial charge in [0.2, 0.25) is 0 Å². The van der Waals surface area contributed by atoms with Gasteiger partial charge in [-0.25, -0.2) is 4.68 Å². The normalized spacial score (nSPS) is 10.6. The highest BCUT2D eigenvalue weighted by Gasteiger charge is 2.14. The molecule has 0 radical (unpaired) electrons. The Morgan fingerprint density at radius 3 is 2.52 bits per heavy atom. The van der Waals surface area contributed by atoms with Crippen LogP contribution < -0.4 is 0 Å². The molecule has 104 valence electrons. The summed E-state index contributed by atoms with van der Waals surface area (Å²) >= 11 is 6.19. The third kappa shape index (κ3) is 2.48. The molecule has 0 spiro atoms. The third-order valence-electron chi connectivity index (χ3n) is 3.37. The molecule has 0 unspecified atom stereocenters. The van der Waals surface area contributed by atoms with Crippen LogP contribution in [0.4, 0.5) is 0 Å². The Morgan fingerprint density at radius 2 is 1.81 bits per heavy atom. The monoisotopic (exact) mass is 296 g/mol. The summed E-state index contributed by atoms with van der Waals surface area (Å²) in [6.07, 6.45) is 2.53. The molecule has 3 aromatic rings. The van der Waals surface area contributed by atoms with Gasteiger partial charge in [-0.05, 0) is 24.6 Å². The molecule has 0 bridgehead atoms. The Labute approximate surface area is 127 Å². The molecule has 1 heterocycles. The number of aromatic nitrogens is 2. The van der Waals surface area contributed by atoms with Crippen LogP contribution in [0.15, 0.2) is 54.7 Å². The van der Waals surface area contributed by atoms with E-state index < -0.39 is 0 Å². The lowest BCUT2D eigenvalue weighted by Crippen LogP contribution is -1.96. The minimum atomic E-state index is 0.546. The maximum atomic E-state index is 11.4. The van der Waals surface area contributed by atoms with Gasteiger partial charge >= 0.3 is 0 Å². The molecule has 4 heteroatoms. The predicted molar refractivity (Wildman–Crippen MR) is 84.1 cm³/mol. The molecule has 21 heavy (non-hydrogen) atoms. The van der Waals surface area contributed by atoms with Crippen LogP contribution in [0.2, 0.25) is 5.02 Å².